The first-order valence-electron chi connectivity index (χ1n) is 6.06. The van der Waals surface area contributed by atoms with E-state index in [1.54, 1.807) is 25.2 Å². The van der Waals surface area contributed by atoms with Gasteiger partial charge in [-0.15, -0.1) is 11.6 Å². The second kappa shape index (κ2) is 5.19. The van der Waals surface area contributed by atoms with Gasteiger partial charge in [0.05, 0.1) is 4.90 Å². The van der Waals surface area contributed by atoms with Crippen molar-refractivity contribution >= 4 is 21.6 Å². The molecule has 0 heterocycles. The molecule has 2 unspecified atom stereocenters. The van der Waals surface area contributed by atoms with Gasteiger partial charge in [-0.25, -0.2) is 12.7 Å². The van der Waals surface area contributed by atoms with Crippen molar-refractivity contribution < 1.29 is 8.42 Å². The molecule has 0 saturated heterocycles. The average molecular weight is 288 g/mol. The number of halogens is 1. The molecule has 1 fully saturated rings. The summed E-state index contributed by atoms with van der Waals surface area (Å²) in [5.74, 6) is 1.49. The van der Waals surface area contributed by atoms with Gasteiger partial charge in [0.2, 0.25) is 10.0 Å². The van der Waals surface area contributed by atoms with E-state index in [0.29, 0.717) is 29.2 Å². The summed E-state index contributed by atoms with van der Waals surface area (Å²) >= 11 is 5.73. The van der Waals surface area contributed by atoms with Crippen LogP contribution in [0, 0.1) is 11.8 Å². The molecule has 0 spiro atoms. The molecule has 0 N–H and O–H groups in total. The first-order valence-corrected chi connectivity index (χ1v) is 8.04. The second-order valence-corrected chi connectivity index (χ2v) is 7.35. The van der Waals surface area contributed by atoms with Crippen LogP contribution in [0.25, 0.3) is 0 Å². The SMILES string of the molecule is CC1CC1CN(C)S(=O)(=O)c1cccc(CCl)c1. The fourth-order valence-electron chi connectivity index (χ4n) is 2.05. The summed E-state index contributed by atoms with van der Waals surface area (Å²) in [6.45, 7) is 2.76. The van der Waals surface area contributed by atoms with E-state index in [2.05, 4.69) is 6.92 Å². The van der Waals surface area contributed by atoms with Crippen molar-refractivity contribution in [1.82, 2.24) is 4.31 Å². The standard InChI is InChI=1S/C13H18ClNO2S/c1-10-6-12(10)9-15(2)18(16,17)13-5-3-4-11(7-13)8-14/h3-5,7,10,12H,6,8-9H2,1-2H3. The molecule has 18 heavy (non-hydrogen) atoms. The quantitative estimate of drug-likeness (QED) is 0.781. The van der Waals surface area contributed by atoms with Crippen LogP contribution < -0.4 is 0 Å². The fourth-order valence-corrected chi connectivity index (χ4v) is 3.52. The molecule has 0 bridgehead atoms. The van der Waals surface area contributed by atoms with Gasteiger partial charge in [0.15, 0.2) is 0 Å². The summed E-state index contributed by atoms with van der Waals surface area (Å²) in [4.78, 5) is 0.330. The number of hydrogen-bond donors (Lipinski definition) is 0. The number of benzene rings is 1. The summed E-state index contributed by atoms with van der Waals surface area (Å²) in [7, 11) is -1.73. The van der Waals surface area contributed by atoms with Crippen molar-refractivity contribution in [2.45, 2.75) is 24.1 Å². The van der Waals surface area contributed by atoms with E-state index in [-0.39, 0.29) is 0 Å². The largest absolute Gasteiger partial charge is 0.242 e. The Bertz CT molecular complexity index is 530. The molecule has 1 aromatic rings. The minimum absolute atomic E-state index is 0.326. The summed E-state index contributed by atoms with van der Waals surface area (Å²) in [5, 5.41) is 0. The molecule has 2 atom stereocenters. The van der Waals surface area contributed by atoms with E-state index in [9.17, 15) is 8.42 Å². The zero-order valence-electron chi connectivity index (χ0n) is 10.6. The molecule has 0 amide bonds. The highest BCUT2D eigenvalue weighted by Gasteiger charge is 2.36. The Kier molecular flexibility index (Phi) is 3.99. The lowest BCUT2D eigenvalue weighted by atomic mass is 10.2. The maximum atomic E-state index is 12.4. The molecule has 1 aromatic carbocycles. The van der Waals surface area contributed by atoms with Crippen molar-refractivity contribution in [3.8, 4) is 0 Å². The van der Waals surface area contributed by atoms with Crippen molar-refractivity contribution in [3.63, 3.8) is 0 Å². The Morgan fingerprint density at radius 2 is 2.11 bits per heavy atom. The predicted molar refractivity (Wildman–Crippen MR) is 73.1 cm³/mol. The molecular weight excluding hydrogens is 270 g/mol. The van der Waals surface area contributed by atoms with Gasteiger partial charge in [0.1, 0.15) is 0 Å². The molecule has 1 saturated carbocycles. The Morgan fingerprint density at radius 3 is 2.67 bits per heavy atom. The van der Waals surface area contributed by atoms with Gasteiger partial charge in [-0.3, -0.25) is 0 Å². The number of nitrogens with zero attached hydrogens (tertiary/aromatic N) is 1. The lowest BCUT2D eigenvalue weighted by Crippen LogP contribution is -2.29. The molecule has 100 valence electrons. The maximum absolute atomic E-state index is 12.4. The minimum Gasteiger partial charge on any atom is -0.207 e. The molecule has 0 aromatic heterocycles. The van der Waals surface area contributed by atoms with E-state index in [1.807, 2.05) is 6.07 Å². The molecule has 0 radical (unpaired) electrons. The highest BCUT2D eigenvalue weighted by Crippen LogP contribution is 2.38. The third kappa shape index (κ3) is 2.87. The lowest BCUT2D eigenvalue weighted by molar-refractivity contribution is 0.444. The van der Waals surface area contributed by atoms with E-state index in [1.165, 1.54) is 4.31 Å². The van der Waals surface area contributed by atoms with Gasteiger partial charge in [-0.1, -0.05) is 19.1 Å². The van der Waals surface area contributed by atoms with Crippen LogP contribution in [-0.2, 0) is 15.9 Å². The fraction of sp³-hybridized carbons (Fsp3) is 0.538. The molecule has 5 heteroatoms. The Labute approximate surface area is 114 Å². The Balaban J connectivity index is 2.18. The van der Waals surface area contributed by atoms with Gasteiger partial charge in [0, 0.05) is 19.5 Å². The van der Waals surface area contributed by atoms with Gasteiger partial charge in [-0.2, -0.15) is 0 Å². The highest BCUT2D eigenvalue weighted by molar-refractivity contribution is 7.89. The first-order chi connectivity index (χ1) is 8.45. The third-order valence-electron chi connectivity index (χ3n) is 3.53. The van der Waals surface area contributed by atoms with Gasteiger partial charge >= 0.3 is 0 Å². The van der Waals surface area contributed by atoms with E-state index in [4.69, 9.17) is 11.6 Å². The van der Waals surface area contributed by atoms with Crippen LogP contribution in [0.1, 0.15) is 18.9 Å². The molecule has 1 aliphatic carbocycles. The minimum atomic E-state index is -3.38. The van der Waals surface area contributed by atoms with E-state index >= 15 is 0 Å². The van der Waals surface area contributed by atoms with Crippen molar-refractivity contribution in [2.75, 3.05) is 13.6 Å². The van der Waals surface area contributed by atoms with Gasteiger partial charge < -0.3 is 0 Å². The highest BCUT2D eigenvalue weighted by atomic mass is 35.5. The van der Waals surface area contributed by atoms with Crippen LogP contribution in [0.4, 0.5) is 0 Å². The van der Waals surface area contributed by atoms with Crippen molar-refractivity contribution in [1.29, 1.82) is 0 Å². The zero-order valence-corrected chi connectivity index (χ0v) is 12.2. The van der Waals surface area contributed by atoms with E-state index < -0.39 is 10.0 Å². The van der Waals surface area contributed by atoms with Crippen LogP contribution in [0.15, 0.2) is 29.2 Å². The van der Waals surface area contributed by atoms with Crippen LogP contribution in [0.5, 0.6) is 0 Å². The number of hydrogen-bond acceptors (Lipinski definition) is 2. The molecule has 1 aliphatic rings. The number of rotatable bonds is 5. The monoisotopic (exact) mass is 287 g/mol. The van der Waals surface area contributed by atoms with Crippen LogP contribution >= 0.6 is 11.6 Å². The van der Waals surface area contributed by atoms with Crippen molar-refractivity contribution in [3.05, 3.63) is 29.8 Å². The Hall–Kier alpha value is -0.580. The summed E-state index contributed by atoms with van der Waals surface area (Å²) in [5.41, 5.74) is 0.825. The number of alkyl halides is 1. The van der Waals surface area contributed by atoms with Crippen LogP contribution in [0.3, 0.4) is 0 Å². The van der Waals surface area contributed by atoms with Gasteiger partial charge in [-0.05, 0) is 36.0 Å². The lowest BCUT2D eigenvalue weighted by Gasteiger charge is -2.17. The van der Waals surface area contributed by atoms with Crippen molar-refractivity contribution in [2.24, 2.45) is 11.8 Å². The first kappa shape index (κ1) is 13.8. The number of sulfonamides is 1. The molecule has 2 rings (SSSR count). The topological polar surface area (TPSA) is 37.4 Å². The molecule has 0 aliphatic heterocycles. The summed E-state index contributed by atoms with van der Waals surface area (Å²) < 4.78 is 26.2. The predicted octanol–water partition coefficient (Wildman–Crippen LogP) is 2.70. The maximum Gasteiger partial charge on any atom is 0.242 e. The zero-order chi connectivity index (χ0) is 13.3. The van der Waals surface area contributed by atoms with Gasteiger partial charge in [0.25, 0.3) is 0 Å². The van der Waals surface area contributed by atoms with Crippen LogP contribution in [-0.4, -0.2) is 26.3 Å². The molecular formula is C13H18ClNO2S. The summed E-state index contributed by atoms with van der Waals surface area (Å²) in [6, 6.07) is 6.83. The average Bonchev–Trinajstić information content (AvgIpc) is 3.04. The third-order valence-corrected chi connectivity index (χ3v) is 5.66. The van der Waals surface area contributed by atoms with Crippen LogP contribution in [0.2, 0.25) is 0 Å². The summed E-state index contributed by atoms with van der Waals surface area (Å²) in [6.07, 6.45) is 1.13. The van der Waals surface area contributed by atoms with E-state index in [0.717, 1.165) is 12.0 Å². The molecule has 3 nitrogen and oxygen atoms in total. The smallest absolute Gasteiger partial charge is 0.207 e. The second-order valence-electron chi connectivity index (χ2n) is 5.04. The normalized spacial score (nSPS) is 23.3. The Morgan fingerprint density at radius 1 is 1.44 bits per heavy atom.